The van der Waals surface area contributed by atoms with Gasteiger partial charge in [0.05, 0.1) is 6.20 Å². The predicted octanol–water partition coefficient (Wildman–Crippen LogP) is 4.75. The quantitative estimate of drug-likeness (QED) is 0.749. The monoisotopic (exact) mass is 330 g/mol. The first-order valence-electron chi connectivity index (χ1n) is 6.24. The van der Waals surface area contributed by atoms with E-state index in [1.54, 1.807) is 6.20 Å². The average Bonchev–Trinajstić information content (AvgIpc) is 2.47. The molecule has 1 aromatic heterocycles. The van der Waals surface area contributed by atoms with Crippen LogP contribution in [0.5, 0.6) is 0 Å². The number of anilines is 1. The molecule has 0 fully saturated rings. The molecule has 3 aromatic rings. The third kappa shape index (κ3) is 2.65. The summed E-state index contributed by atoms with van der Waals surface area (Å²) in [4.78, 5) is 3.85. The van der Waals surface area contributed by atoms with Crippen LogP contribution in [-0.2, 0) is 6.54 Å². The van der Waals surface area contributed by atoms with Crippen LogP contribution in [-0.4, -0.2) is 4.98 Å². The van der Waals surface area contributed by atoms with E-state index >= 15 is 0 Å². The molecule has 100 valence electrons. The highest BCUT2D eigenvalue weighted by Gasteiger charge is 2.04. The highest BCUT2D eigenvalue weighted by Crippen LogP contribution is 2.30. The topological polar surface area (TPSA) is 24.9 Å². The van der Waals surface area contributed by atoms with E-state index in [2.05, 4.69) is 38.4 Å². The first kappa shape index (κ1) is 13.1. The highest BCUT2D eigenvalue weighted by molar-refractivity contribution is 9.10. The minimum atomic E-state index is -0.315. The molecule has 0 aliphatic heterocycles. The Morgan fingerprint density at radius 3 is 2.65 bits per heavy atom. The molecule has 0 atom stereocenters. The zero-order chi connectivity index (χ0) is 13.9. The number of benzene rings is 2. The van der Waals surface area contributed by atoms with Crippen LogP contribution in [0.15, 0.2) is 59.3 Å². The van der Waals surface area contributed by atoms with E-state index in [-0.39, 0.29) is 5.82 Å². The van der Waals surface area contributed by atoms with E-state index in [0.717, 1.165) is 26.5 Å². The van der Waals surface area contributed by atoms with Gasteiger partial charge in [-0.2, -0.15) is 0 Å². The molecule has 2 nitrogen and oxygen atoms in total. The zero-order valence-corrected chi connectivity index (χ0v) is 12.2. The third-order valence-corrected chi connectivity index (χ3v) is 3.81. The molecule has 4 heteroatoms. The average molecular weight is 331 g/mol. The Kier molecular flexibility index (Phi) is 3.65. The minimum absolute atomic E-state index is 0.315. The zero-order valence-electron chi connectivity index (χ0n) is 10.6. The van der Waals surface area contributed by atoms with E-state index in [0.29, 0.717) is 6.54 Å². The number of hydrogen-bond donors (Lipinski definition) is 1. The number of nitrogens with zero attached hydrogens (tertiary/aromatic N) is 1. The summed E-state index contributed by atoms with van der Waals surface area (Å²) in [6.07, 6.45) is 2.87. The van der Waals surface area contributed by atoms with Gasteiger partial charge in [0.25, 0.3) is 0 Å². The number of rotatable bonds is 3. The number of halogens is 2. The maximum atomic E-state index is 13.1. The molecule has 0 aliphatic rings. The van der Waals surface area contributed by atoms with Crippen molar-refractivity contribution < 1.29 is 4.39 Å². The van der Waals surface area contributed by atoms with Crippen LogP contribution >= 0.6 is 15.9 Å². The minimum Gasteiger partial charge on any atom is -0.380 e. The first-order chi connectivity index (χ1) is 9.74. The molecule has 0 aliphatic carbocycles. The van der Waals surface area contributed by atoms with Gasteiger partial charge >= 0.3 is 0 Å². The van der Waals surface area contributed by atoms with Gasteiger partial charge in [0.1, 0.15) is 5.82 Å². The Morgan fingerprint density at radius 2 is 1.85 bits per heavy atom. The van der Waals surface area contributed by atoms with Crippen molar-refractivity contribution in [3.8, 4) is 0 Å². The van der Waals surface area contributed by atoms with Crippen LogP contribution in [0.4, 0.5) is 10.1 Å². The van der Waals surface area contributed by atoms with Crippen LogP contribution in [0.1, 0.15) is 5.56 Å². The summed E-state index contributed by atoms with van der Waals surface area (Å²) in [5.74, 6) is -0.315. The maximum Gasteiger partial charge on any atom is 0.141 e. The molecule has 0 unspecified atom stereocenters. The van der Waals surface area contributed by atoms with Crippen molar-refractivity contribution in [3.05, 3.63) is 70.7 Å². The largest absolute Gasteiger partial charge is 0.380 e. The molecule has 0 saturated heterocycles. The summed E-state index contributed by atoms with van der Waals surface area (Å²) in [5.41, 5.74) is 1.84. The van der Waals surface area contributed by atoms with Crippen LogP contribution in [0.25, 0.3) is 10.8 Å². The molecular weight excluding hydrogens is 319 g/mol. The Labute approximate surface area is 124 Å². The molecule has 3 rings (SSSR count). The number of fused-ring (bicyclic) bond motifs is 1. The van der Waals surface area contributed by atoms with E-state index in [4.69, 9.17) is 0 Å². The molecule has 1 N–H and O–H groups in total. The molecule has 0 bridgehead atoms. The van der Waals surface area contributed by atoms with Gasteiger partial charge in [0.2, 0.25) is 0 Å². The fourth-order valence-corrected chi connectivity index (χ4v) is 2.64. The molecular formula is C16H12BrFN2. The summed E-state index contributed by atoms with van der Waals surface area (Å²) in [5, 5.41) is 5.61. The number of nitrogens with one attached hydrogen (secondary N) is 1. The van der Waals surface area contributed by atoms with Crippen molar-refractivity contribution in [2.75, 3.05) is 5.32 Å². The van der Waals surface area contributed by atoms with Crippen LogP contribution in [0.3, 0.4) is 0 Å². The van der Waals surface area contributed by atoms with Crippen LogP contribution < -0.4 is 5.32 Å². The first-order valence-corrected chi connectivity index (χ1v) is 7.04. The SMILES string of the molecule is Fc1cncc(CNc2ccc(Br)c3ccccc23)c1. The second-order valence-corrected chi connectivity index (χ2v) is 5.36. The summed E-state index contributed by atoms with van der Waals surface area (Å²) >= 11 is 3.55. The lowest BCUT2D eigenvalue weighted by atomic mass is 10.1. The molecule has 20 heavy (non-hydrogen) atoms. The molecule has 0 spiro atoms. The second-order valence-electron chi connectivity index (χ2n) is 4.51. The van der Waals surface area contributed by atoms with Crippen molar-refractivity contribution in [3.63, 3.8) is 0 Å². The second kappa shape index (κ2) is 5.59. The van der Waals surface area contributed by atoms with Crippen molar-refractivity contribution in [1.29, 1.82) is 0 Å². The van der Waals surface area contributed by atoms with E-state index < -0.39 is 0 Å². The van der Waals surface area contributed by atoms with Gasteiger partial charge < -0.3 is 5.32 Å². The predicted molar refractivity (Wildman–Crippen MR) is 83.2 cm³/mol. The van der Waals surface area contributed by atoms with Gasteiger partial charge in [0, 0.05) is 28.3 Å². The third-order valence-electron chi connectivity index (χ3n) is 3.12. The molecule has 1 heterocycles. The van der Waals surface area contributed by atoms with Crippen LogP contribution in [0, 0.1) is 5.82 Å². The Bertz CT molecular complexity index is 758. The van der Waals surface area contributed by atoms with Gasteiger partial charge in [-0.3, -0.25) is 4.98 Å². The summed E-state index contributed by atoms with van der Waals surface area (Å²) in [7, 11) is 0. The van der Waals surface area contributed by atoms with Gasteiger partial charge in [-0.25, -0.2) is 4.39 Å². The molecule has 2 aromatic carbocycles. The fraction of sp³-hybridized carbons (Fsp3) is 0.0625. The number of hydrogen-bond acceptors (Lipinski definition) is 2. The van der Waals surface area contributed by atoms with E-state index in [1.807, 2.05) is 24.3 Å². The van der Waals surface area contributed by atoms with Crippen LogP contribution in [0.2, 0.25) is 0 Å². The van der Waals surface area contributed by atoms with Crippen molar-refractivity contribution in [1.82, 2.24) is 4.98 Å². The van der Waals surface area contributed by atoms with E-state index in [9.17, 15) is 4.39 Å². The highest BCUT2D eigenvalue weighted by atomic mass is 79.9. The van der Waals surface area contributed by atoms with Gasteiger partial charge in [-0.1, -0.05) is 40.2 Å². The Balaban J connectivity index is 1.90. The molecule has 0 radical (unpaired) electrons. The molecule has 0 saturated carbocycles. The van der Waals surface area contributed by atoms with Crippen molar-refractivity contribution in [2.24, 2.45) is 0 Å². The summed E-state index contributed by atoms with van der Waals surface area (Å²) in [6.45, 7) is 0.538. The van der Waals surface area contributed by atoms with Gasteiger partial charge in [0.15, 0.2) is 0 Å². The van der Waals surface area contributed by atoms with Crippen molar-refractivity contribution in [2.45, 2.75) is 6.54 Å². The smallest absolute Gasteiger partial charge is 0.141 e. The maximum absolute atomic E-state index is 13.1. The van der Waals surface area contributed by atoms with Crippen molar-refractivity contribution >= 4 is 32.4 Å². The Morgan fingerprint density at radius 1 is 1.05 bits per heavy atom. The number of aromatic nitrogens is 1. The lowest BCUT2D eigenvalue weighted by Crippen LogP contribution is -2.01. The standard InChI is InChI=1S/C16H12BrFN2/c17-15-5-6-16(14-4-2-1-3-13(14)15)20-9-11-7-12(18)10-19-8-11/h1-8,10,20H,9H2. The lowest BCUT2D eigenvalue weighted by Gasteiger charge is -2.11. The normalized spacial score (nSPS) is 10.7. The Hall–Kier alpha value is -1.94. The molecule has 0 amide bonds. The van der Waals surface area contributed by atoms with E-state index in [1.165, 1.54) is 12.3 Å². The lowest BCUT2D eigenvalue weighted by molar-refractivity contribution is 0.619. The number of pyridine rings is 1. The fourth-order valence-electron chi connectivity index (χ4n) is 2.17. The van der Waals surface area contributed by atoms with Gasteiger partial charge in [-0.15, -0.1) is 0 Å². The summed E-state index contributed by atoms with van der Waals surface area (Å²) in [6, 6.07) is 13.6. The van der Waals surface area contributed by atoms with Gasteiger partial charge in [-0.05, 0) is 29.1 Å². The summed E-state index contributed by atoms with van der Waals surface area (Å²) < 4.78 is 14.2.